The normalized spacial score (nSPS) is 14.4. The number of amides is 2. The van der Waals surface area contributed by atoms with Gasteiger partial charge in [-0.05, 0) is 56.4 Å². The van der Waals surface area contributed by atoms with Crippen molar-refractivity contribution in [1.29, 1.82) is 0 Å². The maximum absolute atomic E-state index is 12.2. The minimum absolute atomic E-state index is 0.101. The molecular weight excluding hydrogens is 532 g/mol. The lowest BCUT2D eigenvalue weighted by atomic mass is 9.91. The third kappa shape index (κ3) is 8.36. The van der Waals surface area contributed by atoms with Gasteiger partial charge in [-0.1, -0.05) is 47.6 Å². The van der Waals surface area contributed by atoms with Crippen LogP contribution in [0.3, 0.4) is 0 Å². The molecule has 212 valence electrons. The van der Waals surface area contributed by atoms with Crippen molar-refractivity contribution in [2.75, 3.05) is 0 Å². The number of nitro benzene ring substituents is 2. The van der Waals surface area contributed by atoms with Crippen molar-refractivity contribution >= 4 is 23.6 Å². The zero-order valence-electron chi connectivity index (χ0n) is 22.0. The molecule has 2 amide bonds. The van der Waals surface area contributed by atoms with Crippen molar-refractivity contribution in [2.24, 2.45) is 0 Å². The molecule has 2 aromatic rings. The first-order valence-corrected chi connectivity index (χ1v) is 12.9. The van der Waals surface area contributed by atoms with Gasteiger partial charge in [0, 0.05) is 23.5 Å². The molecule has 0 atom stereocenters. The third-order valence-corrected chi connectivity index (χ3v) is 6.54. The molecule has 0 bridgehead atoms. The number of ether oxygens (including phenoxy) is 2. The molecule has 12 nitrogen and oxygen atoms in total. The Balaban J connectivity index is 1.22. The Morgan fingerprint density at radius 1 is 0.659 bits per heavy atom. The Hall–Kier alpha value is -5.26. The van der Waals surface area contributed by atoms with Crippen LogP contribution >= 0.6 is 0 Å². The average Bonchev–Trinajstić information content (AvgIpc) is 2.97. The Kier molecular flexibility index (Phi) is 9.60. The lowest BCUT2D eigenvalue weighted by molar-refractivity contribution is -0.386. The first-order valence-electron chi connectivity index (χ1n) is 12.9. The van der Waals surface area contributed by atoms with E-state index in [0.717, 1.165) is 19.3 Å². The number of hydrogen-bond acceptors (Lipinski definition) is 8. The van der Waals surface area contributed by atoms with E-state index in [1.165, 1.54) is 23.3 Å². The van der Waals surface area contributed by atoms with E-state index >= 15 is 0 Å². The van der Waals surface area contributed by atoms with Gasteiger partial charge in [-0.2, -0.15) is 0 Å². The number of nitro groups is 2. The van der Waals surface area contributed by atoms with Crippen LogP contribution < -0.4 is 10.6 Å². The number of carbonyl (C=O) groups is 2. The Morgan fingerprint density at radius 3 is 1.44 bits per heavy atom. The maximum Gasteiger partial charge on any atom is 0.411 e. The standard InChI is InChI=1S/C29H28N4O8/c34-28(40-18-22-5-1-3-7-26(22)32(36)37)30-24-13-9-20(10-14-24)17-21-11-15-25(16-12-21)31-29(35)41-19-23-6-2-4-8-27(23)33(38)39/h1-9,11,13,15H,10,12,14,16-19H2,(H,30,34)(H,31,35). The number of para-hydroxylation sites is 2. The fourth-order valence-electron chi connectivity index (χ4n) is 4.40. The van der Waals surface area contributed by atoms with Crippen LogP contribution in [-0.2, 0) is 22.7 Å². The fourth-order valence-corrected chi connectivity index (χ4v) is 4.40. The molecule has 2 aliphatic carbocycles. The third-order valence-electron chi connectivity index (χ3n) is 6.54. The number of allylic oxidation sites excluding steroid dienone is 8. The van der Waals surface area contributed by atoms with Crippen LogP contribution in [0.15, 0.2) is 95.4 Å². The molecule has 2 N–H and O–H groups in total. The van der Waals surface area contributed by atoms with E-state index in [-0.39, 0.29) is 24.6 Å². The summed E-state index contributed by atoms with van der Waals surface area (Å²) in [6.07, 6.45) is 9.72. The molecule has 0 spiro atoms. The Morgan fingerprint density at radius 2 is 1.07 bits per heavy atom. The number of benzene rings is 2. The lowest BCUT2D eigenvalue weighted by Gasteiger charge is -2.19. The summed E-state index contributed by atoms with van der Waals surface area (Å²) in [5.41, 5.74) is 4.22. The molecule has 4 rings (SSSR count). The van der Waals surface area contributed by atoms with Crippen molar-refractivity contribution < 1.29 is 28.9 Å². The fraction of sp³-hybridized carbons (Fsp3) is 0.241. The molecule has 12 heteroatoms. The number of hydrogen-bond donors (Lipinski definition) is 2. The van der Waals surface area contributed by atoms with Crippen LogP contribution in [0.2, 0.25) is 0 Å². The van der Waals surface area contributed by atoms with Gasteiger partial charge in [0.25, 0.3) is 11.4 Å². The Labute approximate surface area is 235 Å². The minimum atomic E-state index is -0.674. The number of nitrogens with zero attached hydrogens (tertiary/aromatic N) is 2. The first kappa shape index (κ1) is 28.7. The van der Waals surface area contributed by atoms with Crippen LogP contribution in [0.4, 0.5) is 21.0 Å². The van der Waals surface area contributed by atoms with Gasteiger partial charge in [0.05, 0.1) is 21.0 Å². The molecule has 0 saturated heterocycles. The summed E-state index contributed by atoms with van der Waals surface area (Å²) in [6.45, 7) is -0.410. The number of carbonyl (C=O) groups excluding carboxylic acids is 2. The summed E-state index contributed by atoms with van der Waals surface area (Å²) in [5.74, 6) is 0. The van der Waals surface area contributed by atoms with E-state index < -0.39 is 22.0 Å². The topological polar surface area (TPSA) is 163 Å². The van der Waals surface area contributed by atoms with E-state index in [0.29, 0.717) is 35.4 Å². The molecule has 2 aromatic carbocycles. The second-order valence-corrected chi connectivity index (χ2v) is 9.38. The molecule has 2 aliphatic rings. The highest BCUT2D eigenvalue weighted by Gasteiger charge is 2.18. The zero-order valence-corrected chi connectivity index (χ0v) is 22.0. The van der Waals surface area contributed by atoms with Gasteiger partial charge in [0.1, 0.15) is 13.2 Å². The molecule has 0 aliphatic heterocycles. The van der Waals surface area contributed by atoms with Gasteiger partial charge in [-0.15, -0.1) is 0 Å². The largest absolute Gasteiger partial charge is 0.444 e. The molecule has 0 saturated carbocycles. The SMILES string of the molecule is O=C(NC1=CC=C(CC2=CC=C(NC(=O)OCc3ccccc3[N+](=O)[O-])CC2)CC1)OCc1ccccc1[N+](=O)[O-]. The summed E-state index contributed by atoms with van der Waals surface area (Å²) in [7, 11) is 0. The van der Waals surface area contributed by atoms with Gasteiger partial charge in [0.15, 0.2) is 0 Å². The van der Waals surface area contributed by atoms with Crippen molar-refractivity contribution in [3.05, 3.63) is 127 Å². The second kappa shape index (κ2) is 13.7. The average molecular weight is 561 g/mol. The zero-order chi connectivity index (χ0) is 29.2. The van der Waals surface area contributed by atoms with Crippen LogP contribution in [0.25, 0.3) is 0 Å². The smallest absolute Gasteiger partial charge is 0.411 e. The molecule has 0 fully saturated rings. The molecular formula is C29H28N4O8. The molecule has 0 unspecified atom stereocenters. The summed E-state index contributed by atoms with van der Waals surface area (Å²) in [6, 6.07) is 12.2. The number of nitrogens with one attached hydrogen (secondary N) is 2. The summed E-state index contributed by atoms with van der Waals surface area (Å²) in [4.78, 5) is 45.5. The van der Waals surface area contributed by atoms with Gasteiger partial charge in [-0.25, -0.2) is 9.59 Å². The Bertz CT molecular complexity index is 1370. The first-order chi connectivity index (χ1) is 19.8. The number of alkyl carbamates (subject to hydrolysis) is 2. The molecule has 41 heavy (non-hydrogen) atoms. The highest BCUT2D eigenvalue weighted by atomic mass is 16.6. The van der Waals surface area contributed by atoms with Gasteiger partial charge in [0.2, 0.25) is 0 Å². The van der Waals surface area contributed by atoms with Gasteiger partial charge < -0.3 is 9.47 Å². The quantitative estimate of drug-likeness (QED) is 0.254. The van der Waals surface area contributed by atoms with E-state index in [2.05, 4.69) is 10.6 Å². The molecule has 0 heterocycles. The van der Waals surface area contributed by atoms with Crippen molar-refractivity contribution in [3.8, 4) is 0 Å². The van der Waals surface area contributed by atoms with E-state index in [4.69, 9.17) is 9.47 Å². The van der Waals surface area contributed by atoms with Crippen LogP contribution in [0.5, 0.6) is 0 Å². The van der Waals surface area contributed by atoms with Crippen LogP contribution in [0.1, 0.15) is 43.2 Å². The minimum Gasteiger partial charge on any atom is -0.444 e. The van der Waals surface area contributed by atoms with Crippen LogP contribution in [-0.4, -0.2) is 22.0 Å². The van der Waals surface area contributed by atoms with E-state index in [1.54, 1.807) is 36.4 Å². The maximum atomic E-state index is 12.2. The van der Waals surface area contributed by atoms with Gasteiger partial charge >= 0.3 is 12.2 Å². The molecule has 0 aromatic heterocycles. The van der Waals surface area contributed by atoms with E-state index in [9.17, 15) is 29.8 Å². The van der Waals surface area contributed by atoms with Crippen molar-refractivity contribution in [3.63, 3.8) is 0 Å². The van der Waals surface area contributed by atoms with Crippen LogP contribution in [0, 0.1) is 20.2 Å². The predicted molar refractivity (Wildman–Crippen MR) is 148 cm³/mol. The summed E-state index contributed by atoms with van der Waals surface area (Å²) >= 11 is 0. The summed E-state index contributed by atoms with van der Waals surface area (Å²) in [5, 5.41) is 27.6. The van der Waals surface area contributed by atoms with Crippen molar-refractivity contribution in [2.45, 2.75) is 45.3 Å². The highest BCUT2D eigenvalue weighted by Crippen LogP contribution is 2.28. The van der Waals surface area contributed by atoms with E-state index in [1.807, 2.05) is 24.3 Å². The monoisotopic (exact) mass is 560 g/mol. The van der Waals surface area contributed by atoms with Gasteiger partial charge in [-0.3, -0.25) is 30.9 Å². The number of rotatable bonds is 10. The lowest BCUT2D eigenvalue weighted by Crippen LogP contribution is -2.25. The predicted octanol–water partition coefficient (Wildman–Crippen LogP) is 6.25. The summed E-state index contributed by atoms with van der Waals surface area (Å²) < 4.78 is 10.3. The van der Waals surface area contributed by atoms with Crippen molar-refractivity contribution in [1.82, 2.24) is 10.6 Å². The molecule has 0 radical (unpaired) electrons. The second-order valence-electron chi connectivity index (χ2n) is 9.38. The highest BCUT2D eigenvalue weighted by molar-refractivity contribution is 5.70.